The summed E-state index contributed by atoms with van der Waals surface area (Å²) in [6.07, 6.45) is 4.45. The smallest absolute Gasteiger partial charge is 0.215 e. The highest BCUT2D eigenvalue weighted by Gasteiger charge is 2.14. The molecule has 0 atom stereocenters. The number of benzene rings is 1. The van der Waals surface area contributed by atoms with Crippen molar-refractivity contribution in [3.05, 3.63) is 42.5 Å². The summed E-state index contributed by atoms with van der Waals surface area (Å²) < 4.78 is 4.05. The van der Waals surface area contributed by atoms with Crippen molar-refractivity contribution >= 4 is 11.0 Å². The average Bonchev–Trinajstić information content (AvgIpc) is 2.93. The number of fused-ring (bicyclic) bond motifs is 1. The van der Waals surface area contributed by atoms with Crippen LogP contribution in [0.1, 0.15) is 5.82 Å². The molecule has 0 aliphatic carbocycles. The molecule has 3 rings (SSSR count). The van der Waals surface area contributed by atoms with Crippen molar-refractivity contribution in [2.45, 2.75) is 6.42 Å². The second-order valence-electron chi connectivity index (χ2n) is 4.23. The summed E-state index contributed by atoms with van der Waals surface area (Å²) in [5, 5.41) is 0. The molecule has 0 radical (unpaired) electrons. The van der Waals surface area contributed by atoms with Gasteiger partial charge in [0.05, 0.1) is 11.0 Å². The Morgan fingerprint density at radius 1 is 1.28 bits per heavy atom. The Bertz CT molecular complexity index is 680. The molecule has 0 aliphatic heterocycles. The van der Waals surface area contributed by atoms with Gasteiger partial charge < -0.3 is 10.3 Å². The first-order valence-corrected chi connectivity index (χ1v) is 5.95. The zero-order valence-corrected chi connectivity index (χ0v) is 10.2. The third-order valence-corrected chi connectivity index (χ3v) is 2.99. The normalized spacial score (nSPS) is 11.2. The van der Waals surface area contributed by atoms with Gasteiger partial charge in [0, 0.05) is 25.9 Å². The van der Waals surface area contributed by atoms with Gasteiger partial charge in [-0.3, -0.25) is 4.57 Å². The Kier molecular flexibility index (Phi) is 2.60. The maximum absolute atomic E-state index is 5.66. The van der Waals surface area contributed by atoms with E-state index >= 15 is 0 Å². The van der Waals surface area contributed by atoms with Gasteiger partial charge in [0.15, 0.2) is 0 Å². The lowest BCUT2D eigenvalue weighted by molar-refractivity contribution is 0.773. The van der Waals surface area contributed by atoms with Crippen LogP contribution in [0.25, 0.3) is 17.0 Å². The molecule has 0 fully saturated rings. The van der Waals surface area contributed by atoms with Crippen molar-refractivity contribution < 1.29 is 0 Å². The first kappa shape index (κ1) is 11.0. The average molecular weight is 241 g/mol. The summed E-state index contributed by atoms with van der Waals surface area (Å²) in [5.74, 6) is 1.82. The number of hydrogen-bond donors (Lipinski definition) is 1. The largest absolute Gasteiger partial charge is 0.330 e. The highest BCUT2D eigenvalue weighted by atomic mass is 15.3. The Morgan fingerprint density at radius 2 is 2.11 bits per heavy atom. The lowest BCUT2D eigenvalue weighted by Gasteiger charge is -2.07. The van der Waals surface area contributed by atoms with E-state index in [0.717, 1.165) is 29.2 Å². The van der Waals surface area contributed by atoms with Crippen molar-refractivity contribution in [1.29, 1.82) is 0 Å². The quantitative estimate of drug-likeness (QED) is 0.751. The Morgan fingerprint density at radius 3 is 2.83 bits per heavy atom. The third kappa shape index (κ3) is 1.60. The van der Waals surface area contributed by atoms with E-state index in [0.29, 0.717) is 6.54 Å². The number of aryl methyl sites for hydroxylation is 1. The maximum atomic E-state index is 5.66. The molecule has 18 heavy (non-hydrogen) atoms. The van der Waals surface area contributed by atoms with Crippen molar-refractivity contribution in [3.63, 3.8) is 0 Å². The molecule has 2 heterocycles. The molecule has 2 N–H and O–H groups in total. The number of aromatic nitrogens is 4. The molecular weight excluding hydrogens is 226 g/mol. The lowest BCUT2D eigenvalue weighted by atomic mass is 10.3. The number of nitrogens with two attached hydrogens (primary N) is 1. The monoisotopic (exact) mass is 241 g/mol. The zero-order chi connectivity index (χ0) is 12.5. The highest BCUT2D eigenvalue weighted by molar-refractivity contribution is 5.77. The summed E-state index contributed by atoms with van der Waals surface area (Å²) in [6, 6.07) is 8.06. The minimum absolute atomic E-state index is 0.577. The summed E-state index contributed by atoms with van der Waals surface area (Å²) in [4.78, 5) is 9.03. The van der Waals surface area contributed by atoms with Crippen LogP contribution in [0.5, 0.6) is 0 Å². The molecule has 92 valence electrons. The van der Waals surface area contributed by atoms with Crippen LogP contribution in [0.3, 0.4) is 0 Å². The van der Waals surface area contributed by atoms with E-state index in [2.05, 4.69) is 20.6 Å². The van der Waals surface area contributed by atoms with Crippen LogP contribution in [0.4, 0.5) is 0 Å². The number of imidazole rings is 2. The molecule has 0 saturated heterocycles. The Balaban J connectivity index is 2.31. The van der Waals surface area contributed by atoms with Crippen LogP contribution in [-0.2, 0) is 13.5 Å². The molecule has 5 nitrogen and oxygen atoms in total. The van der Waals surface area contributed by atoms with Crippen molar-refractivity contribution in [2.24, 2.45) is 12.8 Å². The van der Waals surface area contributed by atoms with E-state index in [4.69, 9.17) is 5.73 Å². The van der Waals surface area contributed by atoms with Crippen molar-refractivity contribution in [1.82, 2.24) is 19.1 Å². The van der Waals surface area contributed by atoms with E-state index in [-0.39, 0.29) is 0 Å². The van der Waals surface area contributed by atoms with Gasteiger partial charge in [-0.25, -0.2) is 9.97 Å². The standard InChI is InChI=1S/C13H15N5/c1-17-9-8-15-13(17)18-11-5-3-2-4-10(11)16-12(18)6-7-14/h2-5,8-9H,6-7,14H2,1H3. The first-order chi connectivity index (χ1) is 8.81. The molecule has 0 bridgehead atoms. The molecular formula is C13H15N5. The molecule has 0 aliphatic rings. The minimum atomic E-state index is 0.577. The van der Waals surface area contributed by atoms with Crippen LogP contribution in [0.15, 0.2) is 36.7 Å². The molecule has 3 aromatic rings. The van der Waals surface area contributed by atoms with E-state index < -0.39 is 0 Å². The summed E-state index contributed by atoms with van der Waals surface area (Å²) in [7, 11) is 1.98. The van der Waals surface area contributed by atoms with Gasteiger partial charge in [-0.2, -0.15) is 0 Å². The first-order valence-electron chi connectivity index (χ1n) is 5.95. The summed E-state index contributed by atoms with van der Waals surface area (Å²) >= 11 is 0. The lowest BCUT2D eigenvalue weighted by Crippen LogP contribution is -2.11. The zero-order valence-electron chi connectivity index (χ0n) is 10.2. The molecule has 0 amide bonds. The van der Waals surface area contributed by atoms with Crippen LogP contribution >= 0.6 is 0 Å². The molecule has 0 unspecified atom stereocenters. The molecule has 5 heteroatoms. The Labute approximate surface area is 105 Å². The predicted molar refractivity (Wildman–Crippen MR) is 70.6 cm³/mol. The molecule has 1 aromatic carbocycles. The van der Waals surface area contributed by atoms with Gasteiger partial charge in [-0.05, 0) is 18.7 Å². The SMILES string of the molecule is Cn1ccnc1-n1c(CCN)nc2ccccc21. The maximum Gasteiger partial charge on any atom is 0.215 e. The van der Waals surface area contributed by atoms with E-state index in [1.165, 1.54) is 0 Å². The highest BCUT2D eigenvalue weighted by Crippen LogP contribution is 2.20. The van der Waals surface area contributed by atoms with E-state index in [9.17, 15) is 0 Å². The number of hydrogen-bond acceptors (Lipinski definition) is 3. The van der Waals surface area contributed by atoms with Gasteiger partial charge in [0.2, 0.25) is 5.95 Å². The van der Waals surface area contributed by atoms with Gasteiger partial charge in [0.25, 0.3) is 0 Å². The number of para-hydroxylation sites is 2. The topological polar surface area (TPSA) is 61.7 Å². The fourth-order valence-corrected chi connectivity index (χ4v) is 2.17. The fourth-order valence-electron chi connectivity index (χ4n) is 2.17. The molecule has 0 spiro atoms. The second kappa shape index (κ2) is 4.27. The van der Waals surface area contributed by atoms with E-state index in [1.54, 1.807) is 6.20 Å². The third-order valence-electron chi connectivity index (χ3n) is 2.99. The van der Waals surface area contributed by atoms with Crippen LogP contribution < -0.4 is 5.73 Å². The summed E-state index contributed by atoms with van der Waals surface area (Å²) in [5.41, 5.74) is 7.70. The summed E-state index contributed by atoms with van der Waals surface area (Å²) in [6.45, 7) is 0.577. The fraction of sp³-hybridized carbons (Fsp3) is 0.231. The Hall–Kier alpha value is -2.14. The van der Waals surface area contributed by atoms with Gasteiger partial charge in [-0.1, -0.05) is 12.1 Å². The van der Waals surface area contributed by atoms with E-state index in [1.807, 2.05) is 36.0 Å². The predicted octanol–water partition coefficient (Wildman–Crippen LogP) is 1.26. The van der Waals surface area contributed by atoms with Gasteiger partial charge >= 0.3 is 0 Å². The minimum Gasteiger partial charge on any atom is -0.330 e. The van der Waals surface area contributed by atoms with Gasteiger partial charge in [0.1, 0.15) is 5.82 Å². The van der Waals surface area contributed by atoms with Crippen LogP contribution in [0, 0.1) is 0 Å². The van der Waals surface area contributed by atoms with Crippen molar-refractivity contribution in [3.8, 4) is 5.95 Å². The number of rotatable bonds is 3. The van der Waals surface area contributed by atoms with Gasteiger partial charge in [-0.15, -0.1) is 0 Å². The molecule has 0 saturated carbocycles. The van der Waals surface area contributed by atoms with Crippen LogP contribution in [0.2, 0.25) is 0 Å². The second-order valence-corrected chi connectivity index (χ2v) is 4.23. The van der Waals surface area contributed by atoms with Crippen molar-refractivity contribution in [2.75, 3.05) is 6.54 Å². The number of nitrogens with zero attached hydrogens (tertiary/aromatic N) is 4. The molecule has 2 aromatic heterocycles. The van der Waals surface area contributed by atoms with Crippen LogP contribution in [-0.4, -0.2) is 25.6 Å².